The number of aryl methyl sites for hydroxylation is 2. The van der Waals surface area contributed by atoms with Gasteiger partial charge in [0.15, 0.2) is 0 Å². The summed E-state index contributed by atoms with van der Waals surface area (Å²) in [6, 6.07) is 6.78. The zero-order valence-electron chi connectivity index (χ0n) is 13.2. The molecule has 1 aromatic rings. The van der Waals surface area contributed by atoms with Gasteiger partial charge in [-0.2, -0.15) is 0 Å². The molecule has 0 saturated carbocycles. The van der Waals surface area contributed by atoms with Gasteiger partial charge in [-0.15, -0.1) is 0 Å². The second-order valence-electron chi connectivity index (χ2n) is 6.19. The van der Waals surface area contributed by atoms with Gasteiger partial charge in [0.25, 0.3) is 0 Å². The number of nitrogens with zero attached hydrogens (tertiary/aromatic N) is 1. The van der Waals surface area contributed by atoms with Crippen LogP contribution in [0.1, 0.15) is 42.4 Å². The summed E-state index contributed by atoms with van der Waals surface area (Å²) >= 11 is 0. The molecule has 2 atom stereocenters. The van der Waals surface area contributed by atoms with Crippen LogP contribution >= 0.6 is 0 Å². The molecule has 0 aliphatic carbocycles. The lowest BCUT2D eigenvalue weighted by Crippen LogP contribution is -2.51. The fourth-order valence-electron chi connectivity index (χ4n) is 3.15. The summed E-state index contributed by atoms with van der Waals surface area (Å²) in [5, 5.41) is 3.38. The molecule has 3 nitrogen and oxygen atoms in total. The fourth-order valence-corrected chi connectivity index (χ4v) is 3.15. The average molecular weight is 275 g/mol. The van der Waals surface area contributed by atoms with Crippen LogP contribution in [0, 0.1) is 13.8 Å². The molecule has 0 aromatic heterocycles. The minimum absolute atomic E-state index is 0.213. The van der Waals surface area contributed by atoms with Gasteiger partial charge >= 0.3 is 0 Å². The van der Waals surface area contributed by atoms with Crippen LogP contribution in [0.15, 0.2) is 18.2 Å². The summed E-state index contributed by atoms with van der Waals surface area (Å²) in [6.07, 6.45) is 2.45. The molecule has 3 heteroatoms. The first-order valence-electron chi connectivity index (χ1n) is 7.85. The highest BCUT2D eigenvalue weighted by atomic mass is 15.3. The maximum atomic E-state index is 6.34. The van der Waals surface area contributed by atoms with Crippen molar-refractivity contribution >= 4 is 0 Å². The standard InChI is InChI=1S/C17H29N3/c1-13-4-6-16(15(3)12-13)14(2)5-7-17(18)20-10-8-19-9-11-20/h4,6,12,14,17,19H,5,7-11,18H2,1-3H3. The molecular weight excluding hydrogens is 246 g/mol. The molecule has 1 saturated heterocycles. The van der Waals surface area contributed by atoms with Gasteiger partial charge in [0, 0.05) is 26.2 Å². The normalized spacial score (nSPS) is 19.8. The van der Waals surface area contributed by atoms with Gasteiger partial charge in [-0.3, -0.25) is 4.90 Å². The van der Waals surface area contributed by atoms with Crippen LogP contribution in [0.3, 0.4) is 0 Å². The van der Waals surface area contributed by atoms with E-state index in [0.29, 0.717) is 5.92 Å². The lowest BCUT2D eigenvalue weighted by molar-refractivity contribution is 0.165. The van der Waals surface area contributed by atoms with Gasteiger partial charge in [0.2, 0.25) is 0 Å². The Hall–Kier alpha value is -0.900. The van der Waals surface area contributed by atoms with Crippen LogP contribution in [0.25, 0.3) is 0 Å². The molecule has 1 aliphatic heterocycles. The third-order valence-electron chi connectivity index (χ3n) is 4.47. The van der Waals surface area contributed by atoms with Gasteiger partial charge in [0.05, 0.1) is 6.17 Å². The molecule has 112 valence electrons. The van der Waals surface area contributed by atoms with Crippen LogP contribution in [-0.4, -0.2) is 37.2 Å². The van der Waals surface area contributed by atoms with E-state index in [1.807, 2.05) is 0 Å². The fraction of sp³-hybridized carbons (Fsp3) is 0.647. The number of hydrogen-bond donors (Lipinski definition) is 2. The molecule has 1 aliphatic rings. The Labute approximate surface area is 123 Å². The van der Waals surface area contributed by atoms with E-state index in [2.05, 4.69) is 49.2 Å². The van der Waals surface area contributed by atoms with Gasteiger partial charge in [0.1, 0.15) is 0 Å². The quantitative estimate of drug-likeness (QED) is 0.867. The molecule has 3 N–H and O–H groups in total. The Morgan fingerprint density at radius 1 is 1.20 bits per heavy atom. The third-order valence-corrected chi connectivity index (χ3v) is 4.47. The van der Waals surface area contributed by atoms with Crippen molar-refractivity contribution in [1.82, 2.24) is 10.2 Å². The van der Waals surface area contributed by atoms with E-state index in [1.165, 1.54) is 16.7 Å². The first kappa shape index (κ1) is 15.5. The third kappa shape index (κ3) is 4.05. The Morgan fingerprint density at radius 2 is 1.90 bits per heavy atom. The second kappa shape index (κ2) is 7.21. The summed E-state index contributed by atoms with van der Waals surface area (Å²) in [5.41, 5.74) is 10.6. The van der Waals surface area contributed by atoms with E-state index in [0.717, 1.165) is 39.0 Å². The zero-order chi connectivity index (χ0) is 14.5. The minimum atomic E-state index is 0.213. The van der Waals surface area contributed by atoms with E-state index in [9.17, 15) is 0 Å². The maximum absolute atomic E-state index is 6.34. The summed E-state index contributed by atoms with van der Waals surface area (Å²) in [7, 11) is 0. The Bertz CT molecular complexity index is 424. The number of piperazine rings is 1. The van der Waals surface area contributed by atoms with Crippen LogP contribution in [0.4, 0.5) is 0 Å². The molecule has 0 radical (unpaired) electrons. The molecule has 1 fully saturated rings. The number of hydrogen-bond acceptors (Lipinski definition) is 3. The van der Waals surface area contributed by atoms with Crippen molar-refractivity contribution in [2.75, 3.05) is 26.2 Å². The van der Waals surface area contributed by atoms with Crippen molar-refractivity contribution in [2.24, 2.45) is 5.73 Å². The molecule has 1 heterocycles. The van der Waals surface area contributed by atoms with Crippen molar-refractivity contribution in [2.45, 2.75) is 45.7 Å². The molecule has 2 unspecified atom stereocenters. The first-order valence-corrected chi connectivity index (χ1v) is 7.85. The largest absolute Gasteiger partial charge is 0.316 e. The lowest BCUT2D eigenvalue weighted by atomic mass is 9.91. The summed E-state index contributed by atoms with van der Waals surface area (Å²) < 4.78 is 0. The smallest absolute Gasteiger partial charge is 0.0572 e. The van der Waals surface area contributed by atoms with Gasteiger partial charge in [-0.25, -0.2) is 0 Å². The van der Waals surface area contributed by atoms with Crippen LogP contribution in [-0.2, 0) is 0 Å². The van der Waals surface area contributed by atoms with Crippen molar-refractivity contribution in [3.8, 4) is 0 Å². The van der Waals surface area contributed by atoms with Crippen molar-refractivity contribution in [3.63, 3.8) is 0 Å². The molecular formula is C17H29N3. The molecule has 2 rings (SSSR count). The topological polar surface area (TPSA) is 41.3 Å². The zero-order valence-corrected chi connectivity index (χ0v) is 13.2. The average Bonchev–Trinajstić information content (AvgIpc) is 2.45. The highest BCUT2D eigenvalue weighted by Gasteiger charge is 2.18. The van der Waals surface area contributed by atoms with E-state index >= 15 is 0 Å². The van der Waals surface area contributed by atoms with Crippen molar-refractivity contribution in [1.29, 1.82) is 0 Å². The summed E-state index contributed by atoms with van der Waals surface area (Å²) in [6.45, 7) is 11.0. The predicted octanol–water partition coefficient (Wildman–Crippen LogP) is 2.38. The van der Waals surface area contributed by atoms with E-state index in [4.69, 9.17) is 5.73 Å². The summed E-state index contributed by atoms with van der Waals surface area (Å²) in [5.74, 6) is 0.588. The highest BCUT2D eigenvalue weighted by Crippen LogP contribution is 2.25. The Morgan fingerprint density at radius 3 is 2.55 bits per heavy atom. The number of rotatable bonds is 5. The SMILES string of the molecule is Cc1ccc(C(C)CCC(N)N2CCNCC2)c(C)c1. The maximum Gasteiger partial charge on any atom is 0.0572 e. The van der Waals surface area contributed by atoms with Crippen LogP contribution in [0.2, 0.25) is 0 Å². The van der Waals surface area contributed by atoms with Crippen molar-refractivity contribution in [3.05, 3.63) is 34.9 Å². The van der Waals surface area contributed by atoms with E-state index in [1.54, 1.807) is 0 Å². The molecule has 0 amide bonds. The molecule has 0 bridgehead atoms. The first-order chi connectivity index (χ1) is 9.58. The Kier molecular flexibility index (Phi) is 5.58. The summed E-state index contributed by atoms with van der Waals surface area (Å²) in [4.78, 5) is 2.41. The Balaban J connectivity index is 1.86. The van der Waals surface area contributed by atoms with Crippen LogP contribution < -0.4 is 11.1 Å². The minimum Gasteiger partial charge on any atom is -0.316 e. The molecule has 0 spiro atoms. The number of benzene rings is 1. The molecule has 1 aromatic carbocycles. The van der Waals surface area contributed by atoms with E-state index < -0.39 is 0 Å². The second-order valence-corrected chi connectivity index (χ2v) is 6.19. The monoisotopic (exact) mass is 275 g/mol. The van der Waals surface area contributed by atoms with Gasteiger partial charge in [-0.1, -0.05) is 30.7 Å². The van der Waals surface area contributed by atoms with Gasteiger partial charge < -0.3 is 11.1 Å². The lowest BCUT2D eigenvalue weighted by Gasteiger charge is -2.33. The van der Waals surface area contributed by atoms with E-state index in [-0.39, 0.29) is 6.17 Å². The van der Waals surface area contributed by atoms with Crippen molar-refractivity contribution < 1.29 is 0 Å². The molecule has 20 heavy (non-hydrogen) atoms. The number of nitrogens with two attached hydrogens (primary N) is 1. The highest BCUT2D eigenvalue weighted by molar-refractivity contribution is 5.32. The van der Waals surface area contributed by atoms with Gasteiger partial charge in [-0.05, 0) is 43.7 Å². The van der Waals surface area contributed by atoms with Crippen LogP contribution in [0.5, 0.6) is 0 Å². The number of nitrogens with one attached hydrogen (secondary N) is 1. The predicted molar refractivity (Wildman–Crippen MR) is 86.0 cm³/mol.